The van der Waals surface area contributed by atoms with Crippen molar-refractivity contribution in [2.75, 3.05) is 0 Å². The lowest BCUT2D eigenvalue weighted by Crippen LogP contribution is -2.20. The smallest absolute Gasteiger partial charge is 0.416 e. The van der Waals surface area contributed by atoms with Crippen molar-refractivity contribution < 1.29 is 22.3 Å². The van der Waals surface area contributed by atoms with Crippen LogP contribution in [0.25, 0.3) is 12.2 Å². The molecular weight excluding hydrogens is 355 g/mol. The fourth-order valence-electron chi connectivity index (χ4n) is 2.95. The summed E-state index contributed by atoms with van der Waals surface area (Å²) in [7, 11) is 0. The van der Waals surface area contributed by atoms with E-state index in [1.807, 2.05) is 0 Å². The minimum atomic E-state index is -4.33. The standard InChI is InChI=1S/C21H22F3NO2/c1-14-3-9-19(11-15(14)2)26-12-18-13-27-20(25-18)10-6-16-4-7-17(8-5-16)21(22,23)24/h3-8,10,13,15,19H,9,11-12H2,1-2H3/b10-6+. The van der Waals surface area contributed by atoms with Crippen molar-refractivity contribution in [3.05, 3.63) is 64.9 Å². The number of ether oxygens (including phenoxy) is 1. The van der Waals surface area contributed by atoms with Crippen LogP contribution in [-0.2, 0) is 17.5 Å². The fourth-order valence-corrected chi connectivity index (χ4v) is 2.95. The molecule has 1 aromatic carbocycles. The second kappa shape index (κ2) is 8.13. The van der Waals surface area contributed by atoms with Crippen LogP contribution in [0, 0.1) is 5.92 Å². The average Bonchev–Trinajstić information content (AvgIpc) is 3.08. The summed E-state index contributed by atoms with van der Waals surface area (Å²) in [6, 6.07) is 4.92. The second-order valence-electron chi connectivity index (χ2n) is 6.88. The molecule has 0 radical (unpaired) electrons. The Morgan fingerprint density at radius 2 is 1.96 bits per heavy atom. The predicted molar refractivity (Wildman–Crippen MR) is 97.6 cm³/mol. The van der Waals surface area contributed by atoms with Crippen LogP contribution in [0.15, 0.2) is 46.6 Å². The molecule has 144 valence electrons. The molecule has 27 heavy (non-hydrogen) atoms. The molecule has 0 bridgehead atoms. The Kier molecular flexibility index (Phi) is 5.85. The summed E-state index contributed by atoms with van der Waals surface area (Å²) in [5.41, 5.74) is 2.07. The van der Waals surface area contributed by atoms with Crippen LogP contribution in [0.3, 0.4) is 0 Å². The SMILES string of the molecule is CC1=CCC(OCc2coc(/C=C/c3ccc(C(F)(F)F)cc3)n2)CC1C. The van der Waals surface area contributed by atoms with Crippen LogP contribution < -0.4 is 0 Å². The maximum absolute atomic E-state index is 12.6. The Morgan fingerprint density at radius 3 is 2.63 bits per heavy atom. The monoisotopic (exact) mass is 377 g/mol. The Morgan fingerprint density at radius 1 is 1.22 bits per heavy atom. The summed E-state index contributed by atoms with van der Waals surface area (Å²) in [5, 5.41) is 0. The fraction of sp³-hybridized carbons (Fsp3) is 0.381. The van der Waals surface area contributed by atoms with Gasteiger partial charge in [0.15, 0.2) is 0 Å². The average molecular weight is 377 g/mol. The molecule has 0 spiro atoms. The Bertz CT molecular complexity index is 819. The van der Waals surface area contributed by atoms with Crippen molar-refractivity contribution in [3.63, 3.8) is 0 Å². The highest BCUT2D eigenvalue weighted by Gasteiger charge is 2.29. The highest BCUT2D eigenvalue weighted by molar-refractivity contribution is 5.66. The normalized spacial score (nSPS) is 20.9. The van der Waals surface area contributed by atoms with E-state index >= 15 is 0 Å². The van der Waals surface area contributed by atoms with Gasteiger partial charge in [-0.3, -0.25) is 0 Å². The van der Waals surface area contributed by atoms with Gasteiger partial charge in [0, 0.05) is 6.08 Å². The van der Waals surface area contributed by atoms with Gasteiger partial charge >= 0.3 is 6.18 Å². The zero-order valence-corrected chi connectivity index (χ0v) is 15.3. The molecule has 1 aliphatic carbocycles. The van der Waals surface area contributed by atoms with Crippen molar-refractivity contribution in [3.8, 4) is 0 Å². The number of alkyl halides is 3. The third-order valence-electron chi connectivity index (χ3n) is 4.79. The summed E-state index contributed by atoms with van der Waals surface area (Å²) in [6.07, 6.45) is 4.82. The van der Waals surface area contributed by atoms with Gasteiger partial charge in [0.1, 0.15) is 12.0 Å². The third kappa shape index (κ3) is 5.32. The maximum atomic E-state index is 12.6. The van der Waals surface area contributed by atoms with E-state index in [4.69, 9.17) is 9.15 Å². The van der Waals surface area contributed by atoms with Gasteiger partial charge in [-0.1, -0.05) is 30.7 Å². The van der Waals surface area contributed by atoms with Crippen LogP contribution >= 0.6 is 0 Å². The van der Waals surface area contributed by atoms with Gasteiger partial charge in [0.2, 0.25) is 5.89 Å². The largest absolute Gasteiger partial charge is 0.445 e. The van der Waals surface area contributed by atoms with E-state index in [9.17, 15) is 13.2 Å². The number of aromatic nitrogens is 1. The number of rotatable bonds is 5. The summed E-state index contributed by atoms with van der Waals surface area (Å²) in [4.78, 5) is 4.33. The number of hydrogen-bond donors (Lipinski definition) is 0. The molecule has 2 atom stereocenters. The number of hydrogen-bond acceptors (Lipinski definition) is 3. The van der Waals surface area contributed by atoms with Crippen molar-refractivity contribution in [2.24, 2.45) is 5.92 Å². The molecule has 6 heteroatoms. The third-order valence-corrected chi connectivity index (χ3v) is 4.79. The molecule has 1 aromatic heterocycles. The molecule has 1 heterocycles. The van der Waals surface area contributed by atoms with E-state index in [1.165, 1.54) is 17.7 Å². The van der Waals surface area contributed by atoms with Crippen LogP contribution in [-0.4, -0.2) is 11.1 Å². The Hall–Kier alpha value is -2.34. The number of nitrogens with zero attached hydrogens (tertiary/aromatic N) is 1. The van der Waals surface area contributed by atoms with E-state index < -0.39 is 11.7 Å². The van der Waals surface area contributed by atoms with E-state index in [-0.39, 0.29) is 6.10 Å². The molecule has 0 saturated carbocycles. The predicted octanol–water partition coefficient (Wildman–Crippen LogP) is 6.13. The van der Waals surface area contributed by atoms with Crippen LogP contribution in [0.2, 0.25) is 0 Å². The number of allylic oxidation sites excluding steroid dienone is 1. The van der Waals surface area contributed by atoms with Crippen LogP contribution in [0.1, 0.15) is 49.4 Å². The van der Waals surface area contributed by atoms with Gasteiger partial charge in [-0.2, -0.15) is 13.2 Å². The molecule has 2 unspecified atom stereocenters. The maximum Gasteiger partial charge on any atom is 0.416 e. The Balaban J connectivity index is 1.54. The number of benzene rings is 1. The quantitative estimate of drug-likeness (QED) is 0.588. The van der Waals surface area contributed by atoms with Gasteiger partial charge in [-0.25, -0.2) is 4.98 Å². The number of oxazole rings is 1. The van der Waals surface area contributed by atoms with Gasteiger partial charge < -0.3 is 9.15 Å². The highest BCUT2D eigenvalue weighted by Crippen LogP contribution is 2.29. The molecule has 1 aliphatic rings. The van der Waals surface area contributed by atoms with Crippen molar-refractivity contribution >= 4 is 12.2 Å². The lowest BCUT2D eigenvalue weighted by molar-refractivity contribution is -0.137. The second-order valence-corrected chi connectivity index (χ2v) is 6.88. The lowest BCUT2D eigenvalue weighted by Gasteiger charge is -2.25. The molecular formula is C21H22F3NO2. The van der Waals surface area contributed by atoms with Gasteiger partial charge in [0.05, 0.1) is 18.3 Å². The molecule has 3 rings (SSSR count). The van der Waals surface area contributed by atoms with Crippen molar-refractivity contribution in [1.82, 2.24) is 4.98 Å². The van der Waals surface area contributed by atoms with Crippen LogP contribution in [0.5, 0.6) is 0 Å². The Labute approximate surface area is 156 Å². The van der Waals surface area contributed by atoms with E-state index in [2.05, 4.69) is 24.9 Å². The number of halogens is 3. The highest BCUT2D eigenvalue weighted by atomic mass is 19.4. The molecule has 2 aromatic rings. The molecule has 0 fully saturated rings. The van der Waals surface area contributed by atoms with E-state index in [0.717, 1.165) is 25.0 Å². The minimum absolute atomic E-state index is 0.187. The van der Waals surface area contributed by atoms with E-state index in [0.29, 0.717) is 29.7 Å². The van der Waals surface area contributed by atoms with Gasteiger partial charge in [-0.05, 0) is 49.5 Å². The molecule has 0 aliphatic heterocycles. The summed E-state index contributed by atoms with van der Waals surface area (Å²) < 4.78 is 49.0. The van der Waals surface area contributed by atoms with Gasteiger partial charge in [-0.15, -0.1) is 0 Å². The summed E-state index contributed by atoms with van der Waals surface area (Å²) in [6.45, 7) is 4.72. The molecule has 0 N–H and O–H groups in total. The zero-order valence-electron chi connectivity index (χ0n) is 15.3. The van der Waals surface area contributed by atoms with E-state index in [1.54, 1.807) is 18.4 Å². The van der Waals surface area contributed by atoms with Crippen molar-refractivity contribution in [2.45, 2.75) is 45.6 Å². The first-order valence-electron chi connectivity index (χ1n) is 8.89. The minimum Gasteiger partial charge on any atom is -0.445 e. The first kappa shape index (κ1) is 19.4. The zero-order chi connectivity index (χ0) is 19.4. The lowest BCUT2D eigenvalue weighted by atomic mass is 9.88. The first-order valence-corrected chi connectivity index (χ1v) is 8.89. The van der Waals surface area contributed by atoms with Gasteiger partial charge in [0.25, 0.3) is 0 Å². The summed E-state index contributed by atoms with van der Waals surface area (Å²) in [5.74, 6) is 0.921. The first-order chi connectivity index (χ1) is 12.8. The molecule has 0 saturated heterocycles. The molecule has 3 nitrogen and oxygen atoms in total. The summed E-state index contributed by atoms with van der Waals surface area (Å²) >= 11 is 0. The van der Waals surface area contributed by atoms with Crippen molar-refractivity contribution in [1.29, 1.82) is 0 Å². The topological polar surface area (TPSA) is 35.3 Å². The molecule has 0 amide bonds. The van der Waals surface area contributed by atoms with Crippen LogP contribution in [0.4, 0.5) is 13.2 Å².